The second-order valence-corrected chi connectivity index (χ2v) is 8.58. The van der Waals surface area contributed by atoms with Crippen LogP contribution in [0.1, 0.15) is 32.1 Å². The number of nitrogens with one attached hydrogen (secondary N) is 1. The number of hydrogen-bond acceptors (Lipinski definition) is 4. The molecule has 1 aromatic rings. The highest BCUT2D eigenvalue weighted by molar-refractivity contribution is 5.94. The molecule has 28 heavy (non-hydrogen) atoms. The van der Waals surface area contributed by atoms with Crippen LogP contribution < -0.4 is 10.2 Å². The van der Waals surface area contributed by atoms with Gasteiger partial charge in [0.2, 0.25) is 11.8 Å². The largest absolute Gasteiger partial charge is 0.378 e. The molecule has 1 heterocycles. The van der Waals surface area contributed by atoms with Crippen LogP contribution in [0, 0.1) is 17.8 Å². The SMILES string of the molecule is CN(CC(=O)Nc1ccc(N2CCOCC2)cc1)C(=O)C[C@@H]1C[C@H]2CC[C@@H]1C2. The van der Waals surface area contributed by atoms with Crippen molar-refractivity contribution in [3.8, 4) is 0 Å². The van der Waals surface area contributed by atoms with Gasteiger partial charge in [-0.1, -0.05) is 6.42 Å². The fraction of sp³-hybridized carbons (Fsp3) is 0.636. The molecule has 4 rings (SSSR count). The molecule has 0 aromatic heterocycles. The third-order valence-electron chi connectivity index (χ3n) is 6.66. The fourth-order valence-electron chi connectivity index (χ4n) is 5.09. The smallest absolute Gasteiger partial charge is 0.243 e. The minimum Gasteiger partial charge on any atom is -0.378 e. The Hall–Kier alpha value is -2.08. The Labute approximate surface area is 167 Å². The van der Waals surface area contributed by atoms with Crippen molar-refractivity contribution in [1.82, 2.24) is 4.90 Å². The van der Waals surface area contributed by atoms with Crippen LogP contribution in [0.4, 0.5) is 11.4 Å². The molecule has 2 amide bonds. The summed E-state index contributed by atoms with van der Waals surface area (Å²) < 4.78 is 5.38. The Morgan fingerprint density at radius 2 is 1.89 bits per heavy atom. The van der Waals surface area contributed by atoms with Gasteiger partial charge in [0.05, 0.1) is 19.8 Å². The molecular formula is C22H31N3O3. The Balaban J connectivity index is 1.23. The number of rotatable bonds is 6. The number of benzene rings is 1. The van der Waals surface area contributed by atoms with Crippen molar-refractivity contribution in [2.75, 3.05) is 50.1 Å². The van der Waals surface area contributed by atoms with Crippen molar-refractivity contribution in [2.45, 2.75) is 32.1 Å². The fourth-order valence-corrected chi connectivity index (χ4v) is 5.09. The summed E-state index contributed by atoms with van der Waals surface area (Å²) in [5.41, 5.74) is 1.90. The lowest BCUT2D eigenvalue weighted by atomic mass is 9.86. The zero-order valence-corrected chi connectivity index (χ0v) is 16.7. The molecule has 2 saturated carbocycles. The van der Waals surface area contributed by atoms with Crippen LogP contribution in [0.15, 0.2) is 24.3 Å². The molecule has 2 aliphatic carbocycles. The Kier molecular flexibility index (Phi) is 5.85. The minimum atomic E-state index is -0.150. The quantitative estimate of drug-likeness (QED) is 0.818. The number of anilines is 2. The van der Waals surface area contributed by atoms with E-state index in [0.717, 1.165) is 49.5 Å². The van der Waals surface area contributed by atoms with Gasteiger partial charge in [-0.2, -0.15) is 0 Å². The summed E-state index contributed by atoms with van der Waals surface area (Å²) in [7, 11) is 1.73. The summed E-state index contributed by atoms with van der Waals surface area (Å²) in [5, 5.41) is 2.90. The number of fused-ring (bicyclic) bond motifs is 2. The van der Waals surface area contributed by atoms with E-state index in [-0.39, 0.29) is 18.4 Å². The van der Waals surface area contributed by atoms with Gasteiger partial charge in [0.1, 0.15) is 0 Å². The topological polar surface area (TPSA) is 61.9 Å². The number of ether oxygens (including phenoxy) is 1. The minimum absolute atomic E-state index is 0.0929. The third kappa shape index (κ3) is 4.49. The third-order valence-corrected chi connectivity index (χ3v) is 6.66. The summed E-state index contributed by atoms with van der Waals surface area (Å²) in [6, 6.07) is 7.87. The van der Waals surface area contributed by atoms with Gasteiger partial charge in [-0.3, -0.25) is 9.59 Å². The zero-order valence-electron chi connectivity index (χ0n) is 16.7. The molecule has 6 nitrogen and oxygen atoms in total. The molecule has 2 bridgehead atoms. The molecule has 1 N–H and O–H groups in total. The van der Waals surface area contributed by atoms with Gasteiger partial charge >= 0.3 is 0 Å². The number of morpholine rings is 1. The Bertz CT molecular complexity index is 699. The molecule has 1 aliphatic heterocycles. The molecule has 6 heteroatoms. The first-order chi connectivity index (χ1) is 13.6. The van der Waals surface area contributed by atoms with Crippen LogP contribution in [-0.4, -0.2) is 56.6 Å². The van der Waals surface area contributed by atoms with E-state index in [0.29, 0.717) is 12.3 Å². The van der Waals surface area contributed by atoms with Crippen molar-refractivity contribution in [3.63, 3.8) is 0 Å². The molecule has 0 radical (unpaired) electrons. The molecule has 1 aromatic carbocycles. The highest BCUT2D eigenvalue weighted by Crippen LogP contribution is 2.49. The number of amides is 2. The Morgan fingerprint density at radius 3 is 2.54 bits per heavy atom. The van der Waals surface area contributed by atoms with Crippen LogP contribution in [0.5, 0.6) is 0 Å². The molecule has 3 fully saturated rings. The number of nitrogens with zero attached hydrogens (tertiary/aromatic N) is 2. The van der Waals surface area contributed by atoms with Gasteiger partial charge in [0, 0.05) is 37.9 Å². The molecular weight excluding hydrogens is 354 g/mol. The number of carbonyl (C=O) groups excluding carboxylic acids is 2. The first-order valence-electron chi connectivity index (χ1n) is 10.5. The zero-order chi connectivity index (χ0) is 19.5. The van der Waals surface area contributed by atoms with E-state index in [9.17, 15) is 9.59 Å². The van der Waals surface area contributed by atoms with Crippen LogP contribution in [0.3, 0.4) is 0 Å². The van der Waals surface area contributed by atoms with E-state index in [1.165, 1.54) is 25.7 Å². The van der Waals surface area contributed by atoms with Crippen molar-refractivity contribution in [2.24, 2.45) is 17.8 Å². The molecule has 1 saturated heterocycles. The van der Waals surface area contributed by atoms with Crippen LogP contribution in [0.2, 0.25) is 0 Å². The lowest BCUT2D eigenvalue weighted by Gasteiger charge is -2.29. The van der Waals surface area contributed by atoms with Gasteiger partial charge in [-0.05, 0) is 61.3 Å². The molecule has 0 spiro atoms. The summed E-state index contributed by atoms with van der Waals surface area (Å²) in [4.78, 5) is 28.7. The number of likely N-dealkylation sites (N-methyl/N-ethyl adjacent to an activating group) is 1. The van der Waals surface area contributed by atoms with E-state index in [4.69, 9.17) is 4.74 Å². The lowest BCUT2D eigenvalue weighted by Crippen LogP contribution is -2.36. The highest BCUT2D eigenvalue weighted by Gasteiger charge is 2.40. The van der Waals surface area contributed by atoms with E-state index in [1.54, 1.807) is 11.9 Å². The standard InChI is InChI=1S/C22H31N3O3/c1-24(22(27)14-18-13-16-2-3-17(18)12-16)15-21(26)23-19-4-6-20(7-5-19)25-8-10-28-11-9-25/h4-7,16-18H,2-3,8-15H2,1H3,(H,23,26)/t16-,17+,18-/m0/s1. The maximum absolute atomic E-state index is 12.5. The molecule has 152 valence electrons. The molecule has 3 aliphatic rings. The van der Waals surface area contributed by atoms with Crippen LogP contribution >= 0.6 is 0 Å². The van der Waals surface area contributed by atoms with Crippen LogP contribution in [0.25, 0.3) is 0 Å². The van der Waals surface area contributed by atoms with Gasteiger partial charge < -0.3 is 19.9 Å². The second-order valence-electron chi connectivity index (χ2n) is 8.58. The second kappa shape index (κ2) is 8.52. The number of carbonyl (C=O) groups is 2. The maximum Gasteiger partial charge on any atom is 0.243 e. The molecule has 3 atom stereocenters. The van der Waals surface area contributed by atoms with Crippen molar-refractivity contribution < 1.29 is 14.3 Å². The van der Waals surface area contributed by atoms with E-state index in [2.05, 4.69) is 10.2 Å². The summed E-state index contributed by atoms with van der Waals surface area (Å²) >= 11 is 0. The highest BCUT2D eigenvalue weighted by atomic mass is 16.5. The van der Waals surface area contributed by atoms with Gasteiger partial charge in [0.15, 0.2) is 0 Å². The van der Waals surface area contributed by atoms with Gasteiger partial charge in [0.25, 0.3) is 0 Å². The van der Waals surface area contributed by atoms with Crippen molar-refractivity contribution >= 4 is 23.2 Å². The summed E-state index contributed by atoms with van der Waals surface area (Å²) in [6.45, 7) is 3.38. The van der Waals surface area contributed by atoms with Gasteiger partial charge in [-0.15, -0.1) is 0 Å². The van der Waals surface area contributed by atoms with E-state index in [1.807, 2.05) is 24.3 Å². The predicted octanol–water partition coefficient (Wildman–Crippen LogP) is 2.75. The van der Waals surface area contributed by atoms with Crippen molar-refractivity contribution in [3.05, 3.63) is 24.3 Å². The molecule has 0 unspecified atom stereocenters. The first kappa shape index (κ1) is 19.2. The maximum atomic E-state index is 12.5. The van der Waals surface area contributed by atoms with Crippen LogP contribution in [-0.2, 0) is 14.3 Å². The average Bonchev–Trinajstić information content (AvgIpc) is 3.32. The summed E-state index contributed by atoms with van der Waals surface area (Å²) in [5.74, 6) is 2.06. The summed E-state index contributed by atoms with van der Waals surface area (Å²) in [6.07, 6.45) is 5.74. The van der Waals surface area contributed by atoms with Gasteiger partial charge in [-0.25, -0.2) is 0 Å². The first-order valence-corrected chi connectivity index (χ1v) is 10.5. The predicted molar refractivity (Wildman–Crippen MR) is 109 cm³/mol. The monoisotopic (exact) mass is 385 g/mol. The van der Waals surface area contributed by atoms with E-state index < -0.39 is 0 Å². The normalized spacial score (nSPS) is 26.3. The number of hydrogen-bond donors (Lipinski definition) is 1. The average molecular weight is 386 g/mol. The lowest BCUT2D eigenvalue weighted by molar-refractivity contribution is -0.134. The Morgan fingerprint density at radius 1 is 1.14 bits per heavy atom. The van der Waals surface area contributed by atoms with Crippen molar-refractivity contribution in [1.29, 1.82) is 0 Å². The van der Waals surface area contributed by atoms with E-state index >= 15 is 0 Å².